The number of nitrogens with one attached hydrogen (secondary N) is 1. The highest BCUT2D eigenvalue weighted by Gasteiger charge is 2.15. The van der Waals surface area contributed by atoms with Crippen LogP contribution in [-0.2, 0) is 16.0 Å². The van der Waals surface area contributed by atoms with Crippen molar-refractivity contribution in [1.82, 2.24) is 15.3 Å². The first-order valence-corrected chi connectivity index (χ1v) is 6.93. The fraction of sp³-hybridized carbons (Fsp3) is 0.643. The molecule has 0 saturated carbocycles. The van der Waals surface area contributed by atoms with Gasteiger partial charge in [0.15, 0.2) is 5.82 Å². The van der Waals surface area contributed by atoms with Crippen molar-refractivity contribution in [2.24, 2.45) is 0 Å². The molecule has 124 valence electrons. The average Bonchev–Trinajstić information content (AvgIpc) is 2.37. The van der Waals surface area contributed by atoms with Gasteiger partial charge in [-0.15, -0.1) is 0 Å². The van der Waals surface area contributed by atoms with E-state index in [9.17, 15) is 13.6 Å². The lowest BCUT2D eigenvalue weighted by Crippen LogP contribution is -2.28. The summed E-state index contributed by atoms with van der Waals surface area (Å²) in [6.07, 6.45) is -0.625. The topological polar surface area (TPSA) is 73.3 Å². The Balaban J connectivity index is 2.28. The monoisotopic (exact) mass is 317 g/mol. The van der Waals surface area contributed by atoms with Crippen molar-refractivity contribution in [3.63, 3.8) is 0 Å². The van der Waals surface area contributed by atoms with Crippen LogP contribution in [0.5, 0.6) is 0 Å². The van der Waals surface area contributed by atoms with Crippen LogP contribution in [0.15, 0.2) is 6.20 Å². The maximum absolute atomic E-state index is 13.2. The minimum atomic E-state index is -1.06. The fourth-order valence-electron chi connectivity index (χ4n) is 1.69. The summed E-state index contributed by atoms with van der Waals surface area (Å²) < 4.78 is 36.6. The summed E-state index contributed by atoms with van der Waals surface area (Å²) in [6.45, 7) is 7.57. The molecule has 0 unspecified atom stereocenters. The molecule has 0 spiro atoms. The molecule has 1 aromatic rings. The SMILES string of the molecule is C[C@H](CCOC(=O)NCc1nc(F)ncc1F)OC(C)(C)C. The van der Waals surface area contributed by atoms with E-state index in [1.807, 2.05) is 27.7 Å². The molecule has 1 aromatic heterocycles. The Labute approximate surface area is 128 Å². The number of carbonyl (C=O) groups excluding carboxylic acids is 1. The van der Waals surface area contributed by atoms with E-state index in [0.717, 1.165) is 0 Å². The van der Waals surface area contributed by atoms with Crippen LogP contribution in [0.4, 0.5) is 13.6 Å². The van der Waals surface area contributed by atoms with E-state index < -0.39 is 18.0 Å². The van der Waals surface area contributed by atoms with Crippen molar-refractivity contribution < 1.29 is 23.0 Å². The van der Waals surface area contributed by atoms with E-state index in [0.29, 0.717) is 12.6 Å². The zero-order valence-corrected chi connectivity index (χ0v) is 13.2. The van der Waals surface area contributed by atoms with E-state index in [1.165, 1.54) is 0 Å². The van der Waals surface area contributed by atoms with Gasteiger partial charge in [0.25, 0.3) is 0 Å². The maximum Gasteiger partial charge on any atom is 0.407 e. The number of aromatic nitrogens is 2. The van der Waals surface area contributed by atoms with Crippen LogP contribution in [0.25, 0.3) is 0 Å². The van der Waals surface area contributed by atoms with Gasteiger partial charge in [-0.25, -0.2) is 19.2 Å². The van der Waals surface area contributed by atoms with Crippen LogP contribution in [0.1, 0.15) is 39.8 Å². The van der Waals surface area contributed by atoms with Gasteiger partial charge in [0.05, 0.1) is 31.1 Å². The first-order valence-electron chi connectivity index (χ1n) is 6.93. The number of rotatable bonds is 6. The highest BCUT2D eigenvalue weighted by atomic mass is 19.1. The van der Waals surface area contributed by atoms with Gasteiger partial charge in [0.2, 0.25) is 0 Å². The smallest absolute Gasteiger partial charge is 0.407 e. The Hall–Kier alpha value is -1.83. The Bertz CT molecular complexity index is 507. The van der Waals surface area contributed by atoms with Crippen molar-refractivity contribution >= 4 is 6.09 Å². The molecule has 0 saturated heterocycles. The molecule has 0 fully saturated rings. The van der Waals surface area contributed by atoms with Crippen molar-refractivity contribution in [3.05, 3.63) is 23.8 Å². The third-order valence-electron chi connectivity index (χ3n) is 2.50. The van der Waals surface area contributed by atoms with Crippen LogP contribution < -0.4 is 5.32 Å². The lowest BCUT2D eigenvalue weighted by Gasteiger charge is -2.24. The number of halogens is 2. The van der Waals surface area contributed by atoms with Gasteiger partial charge in [0.1, 0.15) is 5.69 Å². The molecule has 0 bridgehead atoms. The second kappa shape index (κ2) is 7.98. The second-order valence-corrected chi connectivity index (χ2v) is 5.75. The predicted molar refractivity (Wildman–Crippen MR) is 75.1 cm³/mol. The van der Waals surface area contributed by atoms with Crippen LogP contribution >= 0.6 is 0 Å². The van der Waals surface area contributed by atoms with Gasteiger partial charge in [0, 0.05) is 6.42 Å². The second-order valence-electron chi connectivity index (χ2n) is 5.75. The normalized spacial score (nSPS) is 12.8. The van der Waals surface area contributed by atoms with E-state index >= 15 is 0 Å². The van der Waals surface area contributed by atoms with Crippen molar-refractivity contribution in [3.8, 4) is 0 Å². The summed E-state index contributed by atoms with van der Waals surface area (Å²) >= 11 is 0. The first-order chi connectivity index (χ1) is 10.2. The Morgan fingerprint density at radius 3 is 2.73 bits per heavy atom. The van der Waals surface area contributed by atoms with Crippen LogP contribution in [0.3, 0.4) is 0 Å². The quantitative estimate of drug-likeness (QED) is 0.816. The molecule has 0 aromatic carbocycles. The molecule has 1 amide bonds. The predicted octanol–water partition coefficient (Wildman–Crippen LogP) is 2.57. The molecular formula is C14H21F2N3O3. The maximum atomic E-state index is 13.2. The Morgan fingerprint density at radius 1 is 1.41 bits per heavy atom. The summed E-state index contributed by atoms with van der Waals surface area (Å²) in [6, 6.07) is 0. The largest absolute Gasteiger partial charge is 0.449 e. The van der Waals surface area contributed by atoms with Crippen molar-refractivity contribution in [1.29, 1.82) is 0 Å². The van der Waals surface area contributed by atoms with E-state index in [4.69, 9.17) is 9.47 Å². The molecule has 6 nitrogen and oxygen atoms in total. The fourth-order valence-corrected chi connectivity index (χ4v) is 1.69. The Morgan fingerprint density at radius 2 is 2.09 bits per heavy atom. The standard InChI is InChI=1S/C14H21F2N3O3/c1-9(22-14(2,3)4)5-6-21-13(20)18-8-11-10(15)7-17-12(16)19-11/h7,9H,5-6,8H2,1-4H3,(H,18,20)/t9-/m1/s1. The third-order valence-corrected chi connectivity index (χ3v) is 2.50. The molecule has 0 aliphatic rings. The van der Waals surface area contributed by atoms with Gasteiger partial charge in [-0.2, -0.15) is 4.39 Å². The molecule has 1 heterocycles. The zero-order chi connectivity index (χ0) is 16.8. The zero-order valence-electron chi connectivity index (χ0n) is 13.2. The van der Waals surface area contributed by atoms with Crippen LogP contribution in [0.2, 0.25) is 0 Å². The molecule has 1 atom stereocenters. The number of nitrogens with zero attached hydrogens (tertiary/aromatic N) is 2. The lowest BCUT2D eigenvalue weighted by atomic mass is 10.1. The minimum Gasteiger partial charge on any atom is -0.449 e. The van der Waals surface area contributed by atoms with Gasteiger partial charge in [-0.3, -0.25) is 0 Å². The molecule has 1 rings (SSSR count). The summed E-state index contributed by atoms with van der Waals surface area (Å²) in [5.41, 5.74) is -0.509. The number of carbonyl (C=O) groups is 1. The van der Waals surface area contributed by atoms with E-state index in [1.54, 1.807) is 0 Å². The van der Waals surface area contributed by atoms with Gasteiger partial charge >= 0.3 is 12.2 Å². The van der Waals surface area contributed by atoms with Gasteiger partial charge in [-0.05, 0) is 27.7 Å². The summed E-state index contributed by atoms with van der Waals surface area (Å²) in [4.78, 5) is 17.7. The van der Waals surface area contributed by atoms with E-state index in [-0.39, 0.29) is 30.6 Å². The van der Waals surface area contributed by atoms with Crippen LogP contribution in [0, 0.1) is 11.9 Å². The number of ether oxygens (including phenoxy) is 2. The molecule has 0 radical (unpaired) electrons. The summed E-state index contributed by atoms with van der Waals surface area (Å²) in [5, 5.41) is 2.29. The molecule has 1 N–H and O–H groups in total. The highest BCUT2D eigenvalue weighted by molar-refractivity contribution is 5.67. The number of hydrogen-bond acceptors (Lipinski definition) is 5. The van der Waals surface area contributed by atoms with Gasteiger partial charge in [-0.1, -0.05) is 0 Å². The average molecular weight is 317 g/mol. The molecule has 0 aliphatic heterocycles. The molecule has 8 heteroatoms. The molecular weight excluding hydrogens is 296 g/mol. The summed E-state index contributed by atoms with van der Waals surface area (Å²) in [5.74, 6) is -0.797. The summed E-state index contributed by atoms with van der Waals surface area (Å²) in [7, 11) is 0. The van der Waals surface area contributed by atoms with Gasteiger partial charge < -0.3 is 14.8 Å². The number of alkyl carbamates (subject to hydrolysis) is 1. The van der Waals surface area contributed by atoms with Crippen molar-refractivity contribution in [2.75, 3.05) is 6.61 Å². The Kier molecular flexibility index (Phi) is 6.61. The molecule has 22 heavy (non-hydrogen) atoms. The first kappa shape index (κ1) is 18.2. The third kappa shape index (κ3) is 7.26. The number of hydrogen-bond donors (Lipinski definition) is 1. The van der Waals surface area contributed by atoms with Crippen molar-refractivity contribution in [2.45, 2.75) is 52.4 Å². The lowest BCUT2D eigenvalue weighted by molar-refractivity contribution is -0.0592. The van der Waals surface area contributed by atoms with Crippen LogP contribution in [-0.4, -0.2) is 34.4 Å². The van der Waals surface area contributed by atoms with E-state index in [2.05, 4.69) is 15.3 Å². The minimum absolute atomic E-state index is 0.0683. The molecule has 0 aliphatic carbocycles. The number of amides is 1. The highest BCUT2D eigenvalue weighted by Crippen LogP contribution is 2.12.